The zero-order chi connectivity index (χ0) is 20.4. The molecule has 0 aliphatic heterocycles. The predicted molar refractivity (Wildman–Crippen MR) is 107 cm³/mol. The standard InChI is InChI=1S/C20H41N3O4/c1-3-5-7-9-11-13-19(26)21-15-23(17-24,18-25)16-22-20(27)14-12-10-8-6-4-2/h24-25H,3-18H2,1-2H3,(H-,21,22,26,27)/p+1. The van der Waals surface area contributed by atoms with Crippen LogP contribution in [0.15, 0.2) is 0 Å². The van der Waals surface area contributed by atoms with Gasteiger partial charge in [0.2, 0.25) is 11.8 Å². The highest BCUT2D eigenvalue weighted by atomic mass is 16.3. The minimum Gasteiger partial charge on any atom is -0.347 e. The van der Waals surface area contributed by atoms with Crippen LogP contribution in [0.25, 0.3) is 0 Å². The quantitative estimate of drug-likeness (QED) is 0.165. The lowest BCUT2D eigenvalue weighted by molar-refractivity contribution is -0.964. The number of aliphatic hydroxyl groups is 2. The van der Waals surface area contributed by atoms with Crippen LogP contribution in [0.2, 0.25) is 0 Å². The number of hydrogen-bond donors (Lipinski definition) is 4. The molecule has 0 aliphatic carbocycles. The molecule has 7 nitrogen and oxygen atoms in total. The molecule has 0 heterocycles. The number of unbranched alkanes of at least 4 members (excludes halogenated alkanes) is 8. The van der Waals surface area contributed by atoms with Crippen molar-refractivity contribution in [3.05, 3.63) is 0 Å². The normalized spacial score (nSPS) is 11.4. The van der Waals surface area contributed by atoms with Crippen molar-refractivity contribution in [3.63, 3.8) is 0 Å². The van der Waals surface area contributed by atoms with Crippen molar-refractivity contribution >= 4 is 11.8 Å². The number of aliphatic hydroxyl groups excluding tert-OH is 2. The molecule has 0 spiro atoms. The number of rotatable bonds is 18. The first-order chi connectivity index (χ1) is 13.0. The summed E-state index contributed by atoms with van der Waals surface area (Å²) in [5.41, 5.74) is 0. The smallest absolute Gasteiger partial charge is 0.224 e. The van der Waals surface area contributed by atoms with Gasteiger partial charge in [-0.3, -0.25) is 9.59 Å². The van der Waals surface area contributed by atoms with E-state index in [2.05, 4.69) is 24.5 Å². The Morgan fingerprint density at radius 3 is 1.37 bits per heavy atom. The molecule has 0 saturated heterocycles. The van der Waals surface area contributed by atoms with Crippen molar-refractivity contribution in [2.75, 3.05) is 26.8 Å². The van der Waals surface area contributed by atoms with Crippen LogP contribution in [-0.2, 0) is 9.59 Å². The molecule has 0 atom stereocenters. The minimum absolute atomic E-state index is 0.0850. The lowest BCUT2D eigenvalue weighted by Gasteiger charge is -2.34. The first kappa shape index (κ1) is 25.8. The van der Waals surface area contributed by atoms with Crippen molar-refractivity contribution in [1.82, 2.24) is 10.6 Å². The van der Waals surface area contributed by atoms with Crippen molar-refractivity contribution in [2.45, 2.75) is 90.9 Å². The zero-order valence-corrected chi connectivity index (χ0v) is 17.5. The van der Waals surface area contributed by atoms with E-state index < -0.39 is 0 Å². The highest BCUT2D eigenvalue weighted by Crippen LogP contribution is 2.07. The summed E-state index contributed by atoms with van der Waals surface area (Å²) in [6.07, 6.45) is 11.7. The molecule has 0 aromatic carbocycles. The summed E-state index contributed by atoms with van der Waals surface area (Å²) in [5.74, 6) is -0.170. The van der Waals surface area contributed by atoms with E-state index in [1.807, 2.05) is 0 Å². The van der Waals surface area contributed by atoms with E-state index in [0.29, 0.717) is 12.8 Å². The third kappa shape index (κ3) is 13.6. The summed E-state index contributed by atoms with van der Waals surface area (Å²) in [7, 11) is 0. The van der Waals surface area contributed by atoms with Gasteiger partial charge in [0.05, 0.1) is 0 Å². The van der Waals surface area contributed by atoms with Gasteiger partial charge >= 0.3 is 0 Å². The summed E-state index contributed by atoms with van der Waals surface area (Å²) < 4.78 is -0.191. The van der Waals surface area contributed by atoms with Crippen LogP contribution < -0.4 is 10.6 Å². The summed E-state index contributed by atoms with van der Waals surface area (Å²) >= 11 is 0. The fourth-order valence-electron chi connectivity index (χ4n) is 2.77. The van der Waals surface area contributed by atoms with Crippen LogP contribution in [0, 0.1) is 0 Å². The fourth-order valence-corrected chi connectivity index (χ4v) is 2.77. The molecular formula is C20H42N3O4+. The second-order valence-corrected chi connectivity index (χ2v) is 7.47. The average molecular weight is 389 g/mol. The Bertz CT molecular complexity index is 355. The molecule has 160 valence electrons. The SMILES string of the molecule is CCCCCCCC(=O)NC[N+](CO)(CO)CNC(=O)CCCCCCC. The van der Waals surface area contributed by atoms with Gasteiger partial charge in [0.25, 0.3) is 0 Å². The number of nitrogens with one attached hydrogen (secondary N) is 2. The maximum absolute atomic E-state index is 11.9. The number of quaternary nitrogens is 1. The van der Waals surface area contributed by atoms with Crippen molar-refractivity contribution in [2.24, 2.45) is 0 Å². The number of amides is 2. The molecule has 27 heavy (non-hydrogen) atoms. The predicted octanol–water partition coefficient (Wildman–Crippen LogP) is 2.57. The third-order valence-electron chi connectivity index (χ3n) is 4.84. The largest absolute Gasteiger partial charge is 0.347 e. The molecule has 0 aromatic rings. The van der Waals surface area contributed by atoms with Crippen LogP contribution in [0.1, 0.15) is 90.9 Å². The maximum Gasteiger partial charge on any atom is 0.224 e. The molecule has 0 aliphatic rings. The first-order valence-corrected chi connectivity index (χ1v) is 10.6. The molecule has 7 heteroatoms. The van der Waals surface area contributed by atoms with E-state index in [1.165, 1.54) is 25.7 Å². The van der Waals surface area contributed by atoms with Crippen molar-refractivity contribution < 1.29 is 24.3 Å². The third-order valence-corrected chi connectivity index (χ3v) is 4.84. The van der Waals surface area contributed by atoms with Crippen LogP contribution in [0.4, 0.5) is 0 Å². The van der Waals surface area contributed by atoms with E-state index in [9.17, 15) is 19.8 Å². The van der Waals surface area contributed by atoms with Gasteiger partial charge in [-0.05, 0) is 12.8 Å². The highest BCUT2D eigenvalue weighted by molar-refractivity contribution is 5.76. The van der Waals surface area contributed by atoms with Gasteiger partial charge in [-0.1, -0.05) is 65.2 Å². The summed E-state index contributed by atoms with van der Waals surface area (Å²) in [6.45, 7) is 3.78. The molecule has 0 rings (SSSR count). The first-order valence-electron chi connectivity index (χ1n) is 10.6. The Morgan fingerprint density at radius 1 is 0.667 bits per heavy atom. The topological polar surface area (TPSA) is 98.7 Å². The summed E-state index contributed by atoms with van der Waals surface area (Å²) in [6, 6.07) is 0. The molecule has 0 fully saturated rings. The van der Waals surface area contributed by atoms with Gasteiger partial charge in [0.15, 0.2) is 26.8 Å². The van der Waals surface area contributed by atoms with Gasteiger partial charge in [0.1, 0.15) is 0 Å². The molecular weight excluding hydrogens is 346 g/mol. The Balaban J connectivity index is 4.11. The van der Waals surface area contributed by atoms with Gasteiger partial charge in [-0.2, -0.15) is 0 Å². The van der Waals surface area contributed by atoms with Crippen LogP contribution in [-0.4, -0.2) is 53.3 Å². The van der Waals surface area contributed by atoms with Gasteiger partial charge in [0, 0.05) is 12.8 Å². The Kier molecular flexibility index (Phi) is 16.2. The number of hydrogen-bond acceptors (Lipinski definition) is 4. The van der Waals surface area contributed by atoms with E-state index >= 15 is 0 Å². The molecule has 0 aromatic heterocycles. The lowest BCUT2D eigenvalue weighted by Crippen LogP contribution is -2.59. The van der Waals surface area contributed by atoms with Gasteiger partial charge < -0.3 is 20.8 Å². The van der Waals surface area contributed by atoms with E-state index in [4.69, 9.17) is 0 Å². The Morgan fingerprint density at radius 2 is 1.04 bits per heavy atom. The second-order valence-electron chi connectivity index (χ2n) is 7.47. The number of carbonyl (C=O) groups is 2. The summed E-state index contributed by atoms with van der Waals surface area (Å²) in [4.78, 5) is 23.9. The molecule has 2 amide bonds. The monoisotopic (exact) mass is 388 g/mol. The van der Waals surface area contributed by atoms with Crippen molar-refractivity contribution in [3.8, 4) is 0 Å². The molecule has 0 saturated carbocycles. The zero-order valence-electron chi connectivity index (χ0n) is 17.5. The molecule has 0 radical (unpaired) electrons. The van der Waals surface area contributed by atoms with Crippen LogP contribution >= 0.6 is 0 Å². The van der Waals surface area contributed by atoms with Crippen molar-refractivity contribution in [1.29, 1.82) is 0 Å². The van der Waals surface area contributed by atoms with Gasteiger partial charge in [-0.15, -0.1) is 0 Å². The Hall–Kier alpha value is -1.18. The fraction of sp³-hybridized carbons (Fsp3) is 0.900. The number of nitrogens with zero attached hydrogens (tertiary/aromatic N) is 1. The molecule has 4 N–H and O–H groups in total. The molecule has 0 bridgehead atoms. The second kappa shape index (κ2) is 17.0. The van der Waals surface area contributed by atoms with Gasteiger partial charge in [-0.25, -0.2) is 4.48 Å². The minimum atomic E-state index is -0.357. The Labute approximate surface area is 165 Å². The molecule has 0 unspecified atom stereocenters. The van der Waals surface area contributed by atoms with E-state index in [-0.39, 0.29) is 43.1 Å². The average Bonchev–Trinajstić information content (AvgIpc) is 2.68. The highest BCUT2D eigenvalue weighted by Gasteiger charge is 2.26. The van der Waals surface area contributed by atoms with Crippen LogP contribution in [0.5, 0.6) is 0 Å². The lowest BCUT2D eigenvalue weighted by atomic mass is 10.1. The summed E-state index contributed by atoms with van der Waals surface area (Å²) in [5, 5.41) is 24.9. The van der Waals surface area contributed by atoms with Crippen LogP contribution in [0.3, 0.4) is 0 Å². The number of carbonyl (C=O) groups excluding carboxylic acids is 2. The maximum atomic E-state index is 11.9. The van der Waals surface area contributed by atoms with E-state index in [1.54, 1.807) is 0 Å². The van der Waals surface area contributed by atoms with E-state index in [0.717, 1.165) is 38.5 Å².